The smallest absolute Gasteiger partial charge is 0.224 e. The standard InChI is InChI=1S/C14H18N2O2S/c15-13(19)11-7-9-3-1-2-4-12(9)16-14(11)18-10-5-6-17-8-10/h7,10H,1-6,8H2,(H2,15,19). The molecule has 0 radical (unpaired) electrons. The number of fused-ring (bicyclic) bond motifs is 1. The Morgan fingerprint density at radius 2 is 2.26 bits per heavy atom. The third kappa shape index (κ3) is 2.72. The van der Waals surface area contributed by atoms with Gasteiger partial charge in [-0.25, -0.2) is 4.98 Å². The number of ether oxygens (including phenoxy) is 2. The maximum absolute atomic E-state index is 5.93. The van der Waals surface area contributed by atoms with Gasteiger partial charge in [0, 0.05) is 12.1 Å². The number of pyridine rings is 1. The van der Waals surface area contributed by atoms with Crippen LogP contribution in [0, 0.1) is 0 Å². The second-order valence-electron chi connectivity index (χ2n) is 5.12. The molecule has 5 heteroatoms. The zero-order valence-corrected chi connectivity index (χ0v) is 11.7. The zero-order chi connectivity index (χ0) is 13.2. The summed E-state index contributed by atoms with van der Waals surface area (Å²) < 4.78 is 11.3. The minimum absolute atomic E-state index is 0.0715. The van der Waals surface area contributed by atoms with E-state index in [9.17, 15) is 0 Å². The molecule has 0 aromatic carbocycles. The summed E-state index contributed by atoms with van der Waals surface area (Å²) in [5, 5.41) is 0. The third-order valence-electron chi connectivity index (χ3n) is 3.70. The summed E-state index contributed by atoms with van der Waals surface area (Å²) in [6.45, 7) is 1.37. The molecule has 2 aliphatic rings. The molecule has 1 fully saturated rings. The Labute approximate surface area is 118 Å². The van der Waals surface area contributed by atoms with Crippen LogP contribution in [0.1, 0.15) is 36.1 Å². The molecular weight excluding hydrogens is 260 g/mol. The van der Waals surface area contributed by atoms with Crippen LogP contribution < -0.4 is 10.5 Å². The van der Waals surface area contributed by atoms with Crippen LogP contribution in [0.25, 0.3) is 0 Å². The van der Waals surface area contributed by atoms with Crippen LogP contribution in [0.4, 0.5) is 0 Å². The van der Waals surface area contributed by atoms with Crippen molar-refractivity contribution in [2.45, 2.75) is 38.2 Å². The van der Waals surface area contributed by atoms with Crippen molar-refractivity contribution in [3.05, 3.63) is 22.9 Å². The summed E-state index contributed by atoms with van der Waals surface area (Å²) in [6.07, 6.45) is 5.45. The number of hydrogen-bond donors (Lipinski definition) is 1. The van der Waals surface area contributed by atoms with E-state index in [1.54, 1.807) is 0 Å². The molecule has 1 saturated heterocycles. The average Bonchev–Trinajstić information content (AvgIpc) is 2.90. The van der Waals surface area contributed by atoms with Crippen molar-refractivity contribution in [3.63, 3.8) is 0 Å². The van der Waals surface area contributed by atoms with Crippen LogP contribution >= 0.6 is 12.2 Å². The number of rotatable bonds is 3. The maximum atomic E-state index is 5.93. The number of thiocarbonyl (C=S) groups is 1. The van der Waals surface area contributed by atoms with E-state index in [2.05, 4.69) is 11.1 Å². The fourth-order valence-corrected chi connectivity index (χ4v) is 2.79. The van der Waals surface area contributed by atoms with E-state index >= 15 is 0 Å². The van der Waals surface area contributed by atoms with Gasteiger partial charge in [-0.15, -0.1) is 0 Å². The third-order valence-corrected chi connectivity index (χ3v) is 3.92. The fraction of sp³-hybridized carbons (Fsp3) is 0.571. The number of aryl methyl sites for hydroxylation is 2. The van der Waals surface area contributed by atoms with Crippen molar-refractivity contribution in [2.75, 3.05) is 13.2 Å². The summed E-state index contributed by atoms with van der Waals surface area (Å²) in [4.78, 5) is 5.01. The number of aromatic nitrogens is 1. The second kappa shape index (κ2) is 5.43. The predicted molar refractivity (Wildman–Crippen MR) is 76.6 cm³/mol. The van der Waals surface area contributed by atoms with Crippen LogP contribution in [0.15, 0.2) is 6.07 Å². The predicted octanol–water partition coefficient (Wildman–Crippen LogP) is 1.76. The highest BCUT2D eigenvalue weighted by Gasteiger charge is 2.22. The number of nitrogens with zero attached hydrogens (tertiary/aromatic N) is 1. The monoisotopic (exact) mass is 278 g/mol. The summed E-state index contributed by atoms with van der Waals surface area (Å²) >= 11 is 5.12. The highest BCUT2D eigenvalue weighted by Crippen LogP contribution is 2.27. The maximum Gasteiger partial charge on any atom is 0.224 e. The lowest BCUT2D eigenvalue weighted by Crippen LogP contribution is -2.22. The largest absolute Gasteiger partial charge is 0.471 e. The van der Waals surface area contributed by atoms with Crippen LogP contribution in [-0.2, 0) is 17.6 Å². The van der Waals surface area contributed by atoms with E-state index in [0.29, 0.717) is 17.5 Å². The Bertz CT molecular complexity index is 498. The van der Waals surface area contributed by atoms with E-state index in [1.165, 1.54) is 18.4 Å². The molecular formula is C14H18N2O2S. The Balaban J connectivity index is 1.93. The Hall–Kier alpha value is -1.20. The molecule has 0 saturated carbocycles. The fourth-order valence-electron chi connectivity index (χ4n) is 2.64. The lowest BCUT2D eigenvalue weighted by Gasteiger charge is -2.20. The molecule has 1 aliphatic heterocycles. The van der Waals surface area contributed by atoms with Gasteiger partial charge in [0.15, 0.2) is 0 Å². The minimum Gasteiger partial charge on any atom is -0.471 e. The Morgan fingerprint density at radius 3 is 3.00 bits per heavy atom. The van der Waals surface area contributed by atoms with Crippen LogP contribution in [-0.4, -0.2) is 29.3 Å². The molecule has 4 nitrogen and oxygen atoms in total. The van der Waals surface area contributed by atoms with Crippen molar-refractivity contribution >= 4 is 17.2 Å². The molecule has 2 N–H and O–H groups in total. The molecule has 1 atom stereocenters. The lowest BCUT2D eigenvalue weighted by molar-refractivity contribution is 0.137. The molecule has 2 heterocycles. The molecule has 0 amide bonds. The number of hydrogen-bond acceptors (Lipinski definition) is 4. The first-order chi connectivity index (χ1) is 9.24. The molecule has 19 heavy (non-hydrogen) atoms. The Morgan fingerprint density at radius 1 is 1.42 bits per heavy atom. The second-order valence-corrected chi connectivity index (χ2v) is 5.56. The molecule has 102 valence electrons. The van der Waals surface area contributed by atoms with Crippen molar-refractivity contribution < 1.29 is 9.47 Å². The highest BCUT2D eigenvalue weighted by molar-refractivity contribution is 7.80. The summed E-state index contributed by atoms with van der Waals surface area (Å²) in [6, 6.07) is 2.06. The number of nitrogens with two attached hydrogens (primary N) is 1. The SMILES string of the molecule is NC(=S)c1cc2c(nc1OC1CCOC1)CCCC2. The highest BCUT2D eigenvalue weighted by atomic mass is 32.1. The van der Waals surface area contributed by atoms with E-state index in [1.807, 2.05) is 0 Å². The molecule has 3 rings (SSSR count). The molecule has 1 aromatic rings. The molecule has 1 unspecified atom stereocenters. The van der Waals surface area contributed by atoms with E-state index < -0.39 is 0 Å². The summed E-state index contributed by atoms with van der Waals surface area (Å²) in [7, 11) is 0. The van der Waals surface area contributed by atoms with E-state index in [4.69, 9.17) is 27.4 Å². The van der Waals surface area contributed by atoms with Gasteiger partial charge in [-0.2, -0.15) is 0 Å². The van der Waals surface area contributed by atoms with Gasteiger partial charge < -0.3 is 15.2 Å². The molecule has 0 bridgehead atoms. The van der Waals surface area contributed by atoms with Crippen LogP contribution in [0.2, 0.25) is 0 Å². The van der Waals surface area contributed by atoms with E-state index in [-0.39, 0.29) is 6.10 Å². The average molecular weight is 278 g/mol. The van der Waals surface area contributed by atoms with Gasteiger partial charge in [0.25, 0.3) is 0 Å². The normalized spacial score (nSPS) is 22.0. The van der Waals surface area contributed by atoms with Gasteiger partial charge in [-0.1, -0.05) is 12.2 Å². The summed E-state index contributed by atoms with van der Waals surface area (Å²) in [5.74, 6) is 0.587. The lowest BCUT2D eigenvalue weighted by atomic mass is 9.95. The molecule has 0 spiro atoms. The van der Waals surface area contributed by atoms with Gasteiger partial charge in [-0.3, -0.25) is 0 Å². The first-order valence-electron chi connectivity index (χ1n) is 6.81. The first kappa shape index (κ1) is 12.8. The van der Waals surface area contributed by atoms with Gasteiger partial charge in [0.1, 0.15) is 11.1 Å². The zero-order valence-electron chi connectivity index (χ0n) is 10.9. The van der Waals surface area contributed by atoms with Crippen molar-refractivity contribution in [2.24, 2.45) is 5.73 Å². The quantitative estimate of drug-likeness (QED) is 0.854. The molecule has 1 aliphatic carbocycles. The van der Waals surface area contributed by atoms with Gasteiger partial charge in [0.2, 0.25) is 5.88 Å². The van der Waals surface area contributed by atoms with Crippen LogP contribution in [0.5, 0.6) is 5.88 Å². The van der Waals surface area contributed by atoms with Crippen molar-refractivity contribution in [1.82, 2.24) is 4.98 Å². The minimum atomic E-state index is 0.0715. The molecule has 1 aromatic heterocycles. The van der Waals surface area contributed by atoms with Gasteiger partial charge >= 0.3 is 0 Å². The van der Waals surface area contributed by atoms with Gasteiger partial charge in [0.05, 0.1) is 18.8 Å². The van der Waals surface area contributed by atoms with Crippen molar-refractivity contribution in [1.29, 1.82) is 0 Å². The van der Waals surface area contributed by atoms with E-state index in [0.717, 1.165) is 37.1 Å². The Kier molecular flexibility index (Phi) is 3.66. The summed E-state index contributed by atoms with van der Waals surface area (Å²) in [5.41, 5.74) is 8.98. The van der Waals surface area contributed by atoms with Crippen molar-refractivity contribution in [3.8, 4) is 5.88 Å². The first-order valence-corrected chi connectivity index (χ1v) is 7.22. The van der Waals surface area contributed by atoms with Gasteiger partial charge in [-0.05, 0) is 37.3 Å². The van der Waals surface area contributed by atoms with Crippen LogP contribution in [0.3, 0.4) is 0 Å². The topological polar surface area (TPSA) is 57.4 Å².